The van der Waals surface area contributed by atoms with Crippen molar-refractivity contribution in [2.24, 2.45) is 5.41 Å². The van der Waals surface area contributed by atoms with Gasteiger partial charge in [-0.1, -0.05) is 20.8 Å². The zero-order chi connectivity index (χ0) is 15.7. The van der Waals surface area contributed by atoms with E-state index in [0.717, 1.165) is 12.8 Å². The molecule has 118 valence electrons. The van der Waals surface area contributed by atoms with Gasteiger partial charge in [0.15, 0.2) is 0 Å². The zero-order valence-corrected chi connectivity index (χ0v) is 13.6. The second kappa shape index (κ2) is 5.62. The molecule has 1 rings (SSSR count). The minimum absolute atomic E-state index is 0.310. The molecule has 4 unspecified atom stereocenters. The van der Waals surface area contributed by atoms with E-state index < -0.39 is 16.7 Å². The average molecular weight is 287 g/mol. The molecule has 4 atom stereocenters. The highest BCUT2D eigenvalue weighted by Gasteiger charge is 2.67. The van der Waals surface area contributed by atoms with Crippen LogP contribution in [0.1, 0.15) is 54.4 Å². The Hall–Kier alpha value is -0.650. The number of aliphatic hydroxyl groups is 1. The number of aliphatic hydroxyl groups excluding tert-OH is 1. The minimum Gasteiger partial charge on any atom is -0.372 e. The molecule has 20 heavy (non-hydrogen) atoms. The van der Waals surface area contributed by atoms with Crippen LogP contribution in [-0.2, 0) is 14.3 Å². The van der Waals surface area contributed by atoms with Crippen LogP contribution in [0, 0.1) is 5.41 Å². The maximum atomic E-state index is 11.2. The Kier molecular flexibility index (Phi) is 4.89. The number of hydrogen-bond acceptors (Lipinski definition) is 4. The van der Waals surface area contributed by atoms with Crippen LogP contribution in [0.5, 0.6) is 0 Å². The van der Waals surface area contributed by atoms with Gasteiger partial charge in [0.2, 0.25) is 6.41 Å². The third-order valence-electron chi connectivity index (χ3n) is 6.03. The first-order chi connectivity index (χ1) is 9.20. The number of amides is 1. The molecule has 1 heterocycles. The number of carbonyl (C=O) groups is 1. The predicted molar refractivity (Wildman–Crippen MR) is 77.2 cm³/mol. The van der Waals surface area contributed by atoms with Crippen molar-refractivity contribution in [3.05, 3.63) is 0 Å². The second-order valence-corrected chi connectivity index (χ2v) is 6.48. The van der Waals surface area contributed by atoms with Crippen molar-refractivity contribution in [3.8, 4) is 0 Å². The molecule has 5 nitrogen and oxygen atoms in total. The maximum Gasteiger partial charge on any atom is 0.207 e. The van der Waals surface area contributed by atoms with Crippen molar-refractivity contribution in [2.75, 3.05) is 13.4 Å². The molecule has 0 radical (unpaired) electrons. The lowest BCUT2D eigenvalue weighted by molar-refractivity contribution is -0.304. The van der Waals surface area contributed by atoms with E-state index in [-0.39, 0.29) is 12.2 Å². The number of carbonyl (C=O) groups excluding carboxylic acids is 1. The van der Waals surface area contributed by atoms with Crippen LogP contribution in [0.2, 0.25) is 0 Å². The fourth-order valence-corrected chi connectivity index (χ4v) is 3.46. The molecule has 1 saturated heterocycles. The summed E-state index contributed by atoms with van der Waals surface area (Å²) < 4.78 is 11.9. The van der Waals surface area contributed by atoms with Crippen LogP contribution in [0.3, 0.4) is 0 Å². The van der Waals surface area contributed by atoms with Gasteiger partial charge >= 0.3 is 0 Å². The SMILES string of the molecule is CCC1(C)COC(C)(CC)C(C)(NC=O)C1(C)OCO. The van der Waals surface area contributed by atoms with Gasteiger partial charge in [-0.2, -0.15) is 0 Å². The molecule has 1 aliphatic rings. The molecule has 5 heteroatoms. The minimum atomic E-state index is -0.748. The van der Waals surface area contributed by atoms with Crippen molar-refractivity contribution < 1.29 is 19.4 Å². The van der Waals surface area contributed by atoms with Crippen molar-refractivity contribution in [1.29, 1.82) is 0 Å². The van der Waals surface area contributed by atoms with Crippen LogP contribution in [0.25, 0.3) is 0 Å². The van der Waals surface area contributed by atoms with E-state index in [0.29, 0.717) is 13.0 Å². The lowest BCUT2D eigenvalue weighted by Crippen LogP contribution is -2.80. The summed E-state index contributed by atoms with van der Waals surface area (Å²) in [6.45, 7) is 12.2. The zero-order valence-electron chi connectivity index (χ0n) is 13.6. The van der Waals surface area contributed by atoms with Gasteiger partial charge in [0.25, 0.3) is 0 Å². The summed E-state index contributed by atoms with van der Waals surface area (Å²) >= 11 is 0. The highest BCUT2D eigenvalue weighted by Crippen LogP contribution is 2.54. The van der Waals surface area contributed by atoms with Gasteiger partial charge in [-0.05, 0) is 33.6 Å². The van der Waals surface area contributed by atoms with Crippen LogP contribution < -0.4 is 5.32 Å². The summed E-state index contributed by atoms with van der Waals surface area (Å²) in [4.78, 5) is 11.2. The largest absolute Gasteiger partial charge is 0.372 e. The van der Waals surface area contributed by atoms with E-state index in [1.807, 2.05) is 27.7 Å². The van der Waals surface area contributed by atoms with Gasteiger partial charge in [0, 0.05) is 5.41 Å². The van der Waals surface area contributed by atoms with E-state index >= 15 is 0 Å². The molecule has 0 saturated carbocycles. The van der Waals surface area contributed by atoms with Gasteiger partial charge in [-0.3, -0.25) is 4.79 Å². The normalized spacial score (nSPS) is 45.1. The Labute approximate surface area is 122 Å². The van der Waals surface area contributed by atoms with E-state index in [9.17, 15) is 9.90 Å². The Morgan fingerprint density at radius 2 is 1.85 bits per heavy atom. The topological polar surface area (TPSA) is 67.8 Å². The van der Waals surface area contributed by atoms with Crippen molar-refractivity contribution in [3.63, 3.8) is 0 Å². The number of rotatable bonds is 6. The maximum absolute atomic E-state index is 11.2. The molecular weight excluding hydrogens is 258 g/mol. The Morgan fingerprint density at radius 1 is 1.25 bits per heavy atom. The van der Waals surface area contributed by atoms with E-state index in [2.05, 4.69) is 19.2 Å². The van der Waals surface area contributed by atoms with Crippen LogP contribution in [0.4, 0.5) is 0 Å². The van der Waals surface area contributed by atoms with E-state index in [1.54, 1.807) is 0 Å². The molecule has 1 amide bonds. The second-order valence-electron chi connectivity index (χ2n) is 6.48. The molecule has 0 aliphatic carbocycles. The molecule has 0 aromatic carbocycles. The van der Waals surface area contributed by atoms with Crippen LogP contribution in [-0.4, -0.2) is 41.7 Å². The molecule has 0 aromatic heterocycles. The first-order valence-corrected chi connectivity index (χ1v) is 7.30. The summed E-state index contributed by atoms with van der Waals surface area (Å²) in [5, 5.41) is 12.3. The van der Waals surface area contributed by atoms with Crippen LogP contribution in [0.15, 0.2) is 0 Å². The fourth-order valence-electron chi connectivity index (χ4n) is 3.46. The summed E-state index contributed by atoms with van der Waals surface area (Å²) in [7, 11) is 0. The third kappa shape index (κ3) is 2.07. The molecular formula is C15H29NO4. The first-order valence-electron chi connectivity index (χ1n) is 7.30. The monoisotopic (exact) mass is 287 g/mol. The first kappa shape index (κ1) is 17.4. The Balaban J connectivity index is 3.46. The van der Waals surface area contributed by atoms with Crippen LogP contribution >= 0.6 is 0 Å². The predicted octanol–water partition coefficient (Wildman–Crippen LogP) is 1.83. The van der Waals surface area contributed by atoms with Gasteiger partial charge in [0.1, 0.15) is 12.4 Å². The lowest BCUT2D eigenvalue weighted by atomic mass is 9.55. The molecule has 0 aromatic rings. The summed E-state index contributed by atoms with van der Waals surface area (Å²) in [5.74, 6) is 0. The lowest BCUT2D eigenvalue weighted by Gasteiger charge is -2.65. The van der Waals surface area contributed by atoms with E-state index in [4.69, 9.17) is 9.47 Å². The highest BCUT2D eigenvalue weighted by atomic mass is 16.6. The van der Waals surface area contributed by atoms with Gasteiger partial charge in [0.05, 0.1) is 17.7 Å². The fraction of sp³-hybridized carbons (Fsp3) is 0.933. The van der Waals surface area contributed by atoms with Gasteiger partial charge < -0.3 is 19.9 Å². The Morgan fingerprint density at radius 3 is 2.25 bits per heavy atom. The van der Waals surface area contributed by atoms with Crippen molar-refractivity contribution in [1.82, 2.24) is 5.32 Å². The van der Waals surface area contributed by atoms with E-state index in [1.165, 1.54) is 0 Å². The summed E-state index contributed by atoms with van der Waals surface area (Å²) in [6, 6.07) is 0. The average Bonchev–Trinajstić information content (AvgIpc) is 2.43. The number of ether oxygens (including phenoxy) is 2. The molecule has 0 bridgehead atoms. The molecule has 0 spiro atoms. The summed E-state index contributed by atoms with van der Waals surface area (Å²) in [5.41, 5.74) is -2.36. The smallest absolute Gasteiger partial charge is 0.207 e. The quantitative estimate of drug-likeness (QED) is 0.578. The van der Waals surface area contributed by atoms with Gasteiger partial charge in [-0.15, -0.1) is 0 Å². The number of hydrogen-bond donors (Lipinski definition) is 2. The third-order valence-corrected chi connectivity index (χ3v) is 6.03. The standard InChI is InChI=1S/C15H29NO4/c1-7-12(3)9-19-13(4,8-2)14(5,16-10-17)15(12,6)20-11-18/h10,18H,7-9,11H2,1-6H3,(H,16,17). The molecule has 1 fully saturated rings. The number of nitrogens with one attached hydrogen (secondary N) is 1. The summed E-state index contributed by atoms with van der Waals surface area (Å²) in [6.07, 6.45) is 2.24. The Bertz CT molecular complexity index is 364. The van der Waals surface area contributed by atoms with Gasteiger partial charge in [-0.25, -0.2) is 0 Å². The molecule has 1 aliphatic heterocycles. The van der Waals surface area contributed by atoms with Crippen molar-refractivity contribution >= 4 is 6.41 Å². The van der Waals surface area contributed by atoms with Crippen molar-refractivity contribution in [2.45, 2.75) is 71.1 Å². The molecule has 2 N–H and O–H groups in total. The highest BCUT2D eigenvalue weighted by molar-refractivity contribution is 5.50.